The van der Waals surface area contributed by atoms with E-state index in [1.807, 2.05) is 31.2 Å². The fourth-order valence-corrected chi connectivity index (χ4v) is 2.68. The summed E-state index contributed by atoms with van der Waals surface area (Å²) < 4.78 is 5.43. The summed E-state index contributed by atoms with van der Waals surface area (Å²) in [5, 5.41) is 3.16. The average Bonchev–Trinajstić information content (AvgIpc) is 2.42. The third-order valence-electron chi connectivity index (χ3n) is 3.84. The summed E-state index contributed by atoms with van der Waals surface area (Å²) in [7, 11) is 0. The Morgan fingerprint density at radius 1 is 1.37 bits per heavy atom. The minimum absolute atomic E-state index is 0.0142. The molecule has 104 valence electrons. The predicted molar refractivity (Wildman–Crippen MR) is 76.5 cm³/mol. The van der Waals surface area contributed by atoms with Gasteiger partial charge in [-0.15, -0.1) is 0 Å². The van der Waals surface area contributed by atoms with Crippen molar-refractivity contribution in [2.24, 2.45) is 5.92 Å². The second kappa shape index (κ2) is 6.60. The van der Waals surface area contributed by atoms with Crippen LogP contribution in [0, 0.1) is 5.92 Å². The summed E-state index contributed by atoms with van der Waals surface area (Å²) in [4.78, 5) is 12.2. The Hall–Kier alpha value is -1.51. The molecule has 1 amide bonds. The molecule has 0 radical (unpaired) electrons. The zero-order chi connectivity index (χ0) is 13.7. The zero-order valence-electron chi connectivity index (χ0n) is 11.8. The first-order valence-electron chi connectivity index (χ1n) is 7.24. The second-order valence-corrected chi connectivity index (χ2v) is 5.30. The highest BCUT2D eigenvalue weighted by Gasteiger charge is 2.23. The Morgan fingerprint density at radius 3 is 2.89 bits per heavy atom. The second-order valence-electron chi connectivity index (χ2n) is 5.30. The molecule has 3 heteroatoms. The molecule has 1 N–H and O–H groups in total. The molecule has 2 rings (SSSR count). The fraction of sp³-hybridized carbons (Fsp3) is 0.562. The fourth-order valence-electron chi connectivity index (χ4n) is 2.68. The van der Waals surface area contributed by atoms with Gasteiger partial charge >= 0.3 is 0 Å². The van der Waals surface area contributed by atoms with Crippen LogP contribution < -0.4 is 10.1 Å². The van der Waals surface area contributed by atoms with Crippen LogP contribution >= 0.6 is 0 Å². The lowest BCUT2D eigenvalue weighted by Gasteiger charge is -2.29. The third-order valence-corrected chi connectivity index (χ3v) is 3.84. The molecule has 1 aromatic rings. The van der Waals surface area contributed by atoms with E-state index in [1.54, 1.807) is 0 Å². The average molecular weight is 261 g/mol. The molecule has 0 saturated heterocycles. The van der Waals surface area contributed by atoms with Crippen molar-refractivity contribution >= 4 is 5.91 Å². The molecule has 1 aromatic carbocycles. The first kappa shape index (κ1) is 13.9. The van der Waals surface area contributed by atoms with Gasteiger partial charge in [0.2, 0.25) is 0 Å². The maximum absolute atomic E-state index is 12.2. The van der Waals surface area contributed by atoms with E-state index in [-0.39, 0.29) is 5.91 Å². The lowest BCUT2D eigenvalue weighted by molar-refractivity contribution is 0.0910. The van der Waals surface area contributed by atoms with Crippen LogP contribution in [0.25, 0.3) is 0 Å². The van der Waals surface area contributed by atoms with Crippen LogP contribution in [0.2, 0.25) is 0 Å². The van der Waals surface area contributed by atoms with E-state index in [1.165, 1.54) is 19.3 Å². The van der Waals surface area contributed by atoms with Crippen molar-refractivity contribution in [1.82, 2.24) is 5.32 Å². The van der Waals surface area contributed by atoms with Crippen LogP contribution in [0.5, 0.6) is 5.75 Å². The molecule has 0 heterocycles. The summed E-state index contributed by atoms with van der Waals surface area (Å²) in [6.07, 6.45) is 4.81. The van der Waals surface area contributed by atoms with E-state index in [9.17, 15) is 4.79 Å². The molecule has 0 aliphatic heterocycles. The number of amides is 1. The van der Waals surface area contributed by atoms with Crippen LogP contribution in [-0.4, -0.2) is 18.6 Å². The number of hydrogen-bond donors (Lipinski definition) is 1. The van der Waals surface area contributed by atoms with Gasteiger partial charge in [-0.2, -0.15) is 0 Å². The molecule has 2 atom stereocenters. The quantitative estimate of drug-likeness (QED) is 0.902. The molecule has 1 saturated carbocycles. The van der Waals surface area contributed by atoms with E-state index in [4.69, 9.17) is 4.74 Å². The molecule has 0 spiro atoms. The Kier molecular flexibility index (Phi) is 4.83. The first-order valence-corrected chi connectivity index (χ1v) is 7.24. The highest BCUT2D eigenvalue weighted by Crippen LogP contribution is 2.24. The molecule has 1 aliphatic rings. The van der Waals surface area contributed by atoms with Gasteiger partial charge in [-0.1, -0.05) is 25.8 Å². The van der Waals surface area contributed by atoms with Gasteiger partial charge in [0.25, 0.3) is 5.91 Å². The van der Waals surface area contributed by atoms with Gasteiger partial charge in [0, 0.05) is 11.6 Å². The summed E-state index contributed by atoms with van der Waals surface area (Å²) in [6.45, 7) is 4.78. The minimum atomic E-state index is 0.0142. The van der Waals surface area contributed by atoms with Crippen molar-refractivity contribution in [3.05, 3.63) is 29.8 Å². The molecule has 1 aliphatic carbocycles. The number of nitrogens with one attached hydrogen (secondary N) is 1. The van der Waals surface area contributed by atoms with E-state index < -0.39 is 0 Å². The van der Waals surface area contributed by atoms with Crippen molar-refractivity contribution in [3.8, 4) is 5.75 Å². The highest BCUT2D eigenvalue weighted by molar-refractivity contribution is 5.94. The highest BCUT2D eigenvalue weighted by atomic mass is 16.5. The molecule has 2 unspecified atom stereocenters. The normalized spacial score (nSPS) is 22.8. The van der Waals surface area contributed by atoms with Gasteiger partial charge in [-0.3, -0.25) is 4.79 Å². The maximum Gasteiger partial charge on any atom is 0.251 e. The molecule has 0 aromatic heterocycles. The molecule has 0 bridgehead atoms. The largest absolute Gasteiger partial charge is 0.494 e. The standard InChI is InChI=1S/C16H23NO2/c1-3-19-14-9-6-8-13(11-14)16(18)17-15-10-5-4-7-12(15)2/h6,8-9,11-12,15H,3-5,7,10H2,1-2H3,(H,17,18). The minimum Gasteiger partial charge on any atom is -0.494 e. The first-order chi connectivity index (χ1) is 9.20. The van der Waals surface area contributed by atoms with Gasteiger partial charge in [-0.05, 0) is 43.9 Å². The van der Waals surface area contributed by atoms with Crippen LogP contribution in [0.15, 0.2) is 24.3 Å². The van der Waals surface area contributed by atoms with E-state index >= 15 is 0 Å². The van der Waals surface area contributed by atoms with Crippen LogP contribution in [0.1, 0.15) is 49.9 Å². The maximum atomic E-state index is 12.2. The number of carbonyl (C=O) groups excluding carboxylic acids is 1. The monoisotopic (exact) mass is 261 g/mol. The smallest absolute Gasteiger partial charge is 0.251 e. The molecule has 1 fully saturated rings. The van der Waals surface area contributed by atoms with Crippen molar-refractivity contribution in [3.63, 3.8) is 0 Å². The van der Waals surface area contributed by atoms with E-state index in [2.05, 4.69) is 12.2 Å². The number of hydrogen-bond acceptors (Lipinski definition) is 2. The van der Waals surface area contributed by atoms with Crippen LogP contribution in [0.4, 0.5) is 0 Å². The SMILES string of the molecule is CCOc1cccc(C(=O)NC2CCCCC2C)c1. The lowest BCUT2D eigenvalue weighted by atomic mass is 9.86. The summed E-state index contributed by atoms with van der Waals surface area (Å²) >= 11 is 0. The van der Waals surface area contributed by atoms with E-state index in [0.29, 0.717) is 24.1 Å². The van der Waals surface area contributed by atoms with Gasteiger partial charge in [0.15, 0.2) is 0 Å². The zero-order valence-corrected chi connectivity index (χ0v) is 11.8. The summed E-state index contributed by atoms with van der Waals surface area (Å²) in [5.74, 6) is 1.35. The summed E-state index contributed by atoms with van der Waals surface area (Å²) in [6, 6.07) is 7.71. The molecular formula is C16H23NO2. The number of ether oxygens (including phenoxy) is 1. The summed E-state index contributed by atoms with van der Waals surface area (Å²) in [5.41, 5.74) is 0.684. The van der Waals surface area contributed by atoms with Crippen molar-refractivity contribution < 1.29 is 9.53 Å². The van der Waals surface area contributed by atoms with Crippen molar-refractivity contribution in [1.29, 1.82) is 0 Å². The van der Waals surface area contributed by atoms with Gasteiger partial charge in [0.05, 0.1) is 6.61 Å². The van der Waals surface area contributed by atoms with Crippen molar-refractivity contribution in [2.75, 3.05) is 6.61 Å². The van der Waals surface area contributed by atoms with Crippen LogP contribution in [0.3, 0.4) is 0 Å². The van der Waals surface area contributed by atoms with Gasteiger partial charge in [-0.25, -0.2) is 0 Å². The lowest BCUT2D eigenvalue weighted by Crippen LogP contribution is -2.41. The molecule has 19 heavy (non-hydrogen) atoms. The third kappa shape index (κ3) is 3.72. The van der Waals surface area contributed by atoms with Crippen molar-refractivity contribution in [2.45, 2.75) is 45.6 Å². The predicted octanol–water partition coefficient (Wildman–Crippen LogP) is 3.39. The van der Waals surface area contributed by atoms with Gasteiger partial charge in [0.1, 0.15) is 5.75 Å². The Bertz CT molecular complexity index is 431. The Balaban J connectivity index is 2.00. The number of carbonyl (C=O) groups is 1. The molecular weight excluding hydrogens is 238 g/mol. The van der Waals surface area contributed by atoms with Gasteiger partial charge < -0.3 is 10.1 Å². The number of rotatable bonds is 4. The van der Waals surface area contributed by atoms with Crippen LogP contribution in [-0.2, 0) is 0 Å². The number of benzene rings is 1. The molecule has 3 nitrogen and oxygen atoms in total. The topological polar surface area (TPSA) is 38.3 Å². The van der Waals surface area contributed by atoms with E-state index in [0.717, 1.165) is 12.2 Å². The Morgan fingerprint density at radius 2 is 2.16 bits per heavy atom. The Labute approximate surface area is 115 Å².